The summed E-state index contributed by atoms with van der Waals surface area (Å²) in [6, 6.07) is 11.6. The van der Waals surface area contributed by atoms with Crippen LogP contribution in [0.25, 0.3) is 11.3 Å². The van der Waals surface area contributed by atoms with Gasteiger partial charge in [0.25, 0.3) is 0 Å². The van der Waals surface area contributed by atoms with Crippen molar-refractivity contribution in [1.29, 1.82) is 0 Å². The molecule has 23 heavy (non-hydrogen) atoms. The van der Waals surface area contributed by atoms with Gasteiger partial charge in [-0.1, -0.05) is 30.3 Å². The number of hydrogen-bond acceptors (Lipinski definition) is 4. The lowest BCUT2D eigenvalue weighted by molar-refractivity contribution is 0.252. The molecule has 3 rings (SSSR count). The van der Waals surface area contributed by atoms with Crippen molar-refractivity contribution in [2.45, 2.75) is 13.0 Å². The summed E-state index contributed by atoms with van der Waals surface area (Å²) in [7, 11) is 0. The summed E-state index contributed by atoms with van der Waals surface area (Å²) in [5, 5.41) is 6.38. The third kappa shape index (κ3) is 4.40. The lowest BCUT2D eigenvalue weighted by atomic mass is 10.2. The summed E-state index contributed by atoms with van der Waals surface area (Å²) in [6.45, 7) is 1.44. The van der Waals surface area contributed by atoms with Crippen LogP contribution in [0.2, 0.25) is 0 Å². The van der Waals surface area contributed by atoms with E-state index in [1.807, 2.05) is 47.2 Å². The first-order chi connectivity index (χ1) is 11.3. The molecule has 2 amide bonds. The number of nitrogens with one attached hydrogen (secondary N) is 2. The van der Waals surface area contributed by atoms with Crippen molar-refractivity contribution in [2.75, 3.05) is 11.9 Å². The highest BCUT2D eigenvalue weighted by molar-refractivity contribution is 7.10. The molecule has 3 aromatic rings. The van der Waals surface area contributed by atoms with Gasteiger partial charge in [0, 0.05) is 37.1 Å². The second-order valence-electron chi connectivity index (χ2n) is 4.98. The highest BCUT2D eigenvalue weighted by Gasteiger charge is 2.07. The molecule has 0 bridgehead atoms. The monoisotopic (exact) mass is 327 g/mol. The zero-order valence-electron chi connectivity index (χ0n) is 12.5. The van der Waals surface area contributed by atoms with Gasteiger partial charge in [-0.2, -0.15) is 4.37 Å². The van der Waals surface area contributed by atoms with Crippen LogP contribution in [0, 0.1) is 0 Å². The smallest absolute Gasteiger partial charge is 0.319 e. The fourth-order valence-corrected chi connectivity index (χ4v) is 2.78. The lowest BCUT2D eigenvalue weighted by Crippen LogP contribution is -2.29. The molecule has 0 radical (unpaired) electrons. The summed E-state index contributed by atoms with van der Waals surface area (Å²) in [5.74, 6) is 0. The maximum absolute atomic E-state index is 11.9. The van der Waals surface area contributed by atoms with Gasteiger partial charge in [0.05, 0.1) is 12.0 Å². The summed E-state index contributed by atoms with van der Waals surface area (Å²) < 4.78 is 6.34. The number of benzene rings is 1. The van der Waals surface area contributed by atoms with Crippen LogP contribution in [-0.4, -0.2) is 26.5 Å². The molecule has 0 aliphatic rings. The predicted molar refractivity (Wildman–Crippen MR) is 91.4 cm³/mol. The average Bonchev–Trinajstić information content (AvgIpc) is 3.24. The highest BCUT2D eigenvalue weighted by atomic mass is 32.1. The SMILES string of the molecule is O=C(NCCCn1ccnc1)Nc1cc(-c2ccccc2)ns1. The topological polar surface area (TPSA) is 71.8 Å². The van der Waals surface area contributed by atoms with E-state index in [4.69, 9.17) is 0 Å². The second kappa shape index (κ2) is 7.55. The Balaban J connectivity index is 1.44. The minimum absolute atomic E-state index is 0.209. The fourth-order valence-electron chi connectivity index (χ4n) is 2.12. The summed E-state index contributed by atoms with van der Waals surface area (Å²) in [6.07, 6.45) is 6.26. The van der Waals surface area contributed by atoms with E-state index < -0.39 is 0 Å². The van der Waals surface area contributed by atoms with Crippen molar-refractivity contribution < 1.29 is 4.79 Å². The molecule has 0 saturated carbocycles. The number of carbonyl (C=O) groups is 1. The van der Waals surface area contributed by atoms with E-state index in [1.54, 1.807) is 12.5 Å². The number of aromatic nitrogens is 3. The molecule has 0 unspecified atom stereocenters. The number of nitrogens with zero attached hydrogens (tertiary/aromatic N) is 3. The molecule has 2 N–H and O–H groups in total. The normalized spacial score (nSPS) is 10.4. The Morgan fingerprint density at radius 2 is 2.13 bits per heavy atom. The van der Waals surface area contributed by atoms with Crippen molar-refractivity contribution in [1.82, 2.24) is 19.2 Å². The first-order valence-corrected chi connectivity index (χ1v) is 8.11. The van der Waals surface area contributed by atoms with Crippen LogP contribution in [0.5, 0.6) is 0 Å². The van der Waals surface area contributed by atoms with Crippen molar-refractivity contribution in [3.63, 3.8) is 0 Å². The van der Waals surface area contributed by atoms with Crippen LogP contribution in [0.1, 0.15) is 6.42 Å². The highest BCUT2D eigenvalue weighted by Crippen LogP contribution is 2.24. The van der Waals surface area contributed by atoms with E-state index in [9.17, 15) is 4.79 Å². The van der Waals surface area contributed by atoms with Crippen molar-refractivity contribution >= 4 is 22.6 Å². The zero-order valence-corrected chi connectivity index (χ0v) is 13.3. The number of aryl methyl sites for hydroxylation is 1. The Bertz CT molecular complexity index is 739. The van der Waals surface area contributed by atoms with E-state index in [1.165, 1.54) is 11.5 Å². The number of hydrogen-bond donors (Lipinski definition) is 2. The molecule has 7 heteroatoms. The second-order valence-corrected chi connectivity index (χ2v) is 5.78. The summed E-state index contributed by atoms with van der Waals surface area (Å²) in [5.41, 5.74) is 1.91. The molecule has 0 aliphatic carbocycles. The van der Waals surface area contributed by atoms with Gasteiger partial charge in [0.1, 0.15) is 5.00 Å². The van der Waals surface area contributed by atoms with Gasteiger partial charge in [-0.25, -0.2) is 9.78 Å². The van der Waals surface area contributed by atoms with Crippen molar-refractivity contribution in [3.05, 3.63) is 55.1 Å². The molecular formula is C16H17N5OS. The third-order valence-corrected chi connectivity index (χ3v) is 3.96. The maximum Gasteiger partial charge on any atom is 0.319 e. The quantitative estimate of drug-likeness (QED) is 0.683. The minimum atomic E-state index is -0.209. The number of carbonyl (C=O) groups excluding carboxylic acids is 1. The Hall–Kier alpha value is -2.67. The van der Waals surface area contributed by atoms with Gasteiger partial charge in [0.15, 0.2) is 0 Å². The first kappa shape index (κ1) is 15.2. The molecule has 1 aromatic carbocycles. The van der Waals surface area contributed by atoms with E-state index >= 15 is 0 Å². The van der Waals surface area contributed by atoms with Gasteiger partial charge < -0.3 is 9.88 Å². The van der Waals surface area contributed by atoms with E-state index in [0.717, 1.165) is 29.2 Å². The number of amides is 2. The first-order valence-electron chi connectivity index (χ1n) is 7.34. The fraction of sp³-hybridized carbons (Fsp3) is 0.188. The predicted octanol–water partition coefficient (Wildman–Crippen LogP) is 3.22. The molecule has 2 heterocycles. The molecular weight excluding hydrogens is 310 g/mol. The Labute approximate surface area is 138 Å². The van der Waals surface area contributed by atoms with Crippen LogP contribution >= 0.6 is 11.5 Å². The summed E-state index contributed by atoms with van der Waals surface area (Å²) in [4.78, 5) is 15.8. The van der Waals surface area contributed by atoms with Crippen molar-refractivity contribution in [2.24, 2.45) is 0 Å². The minimum Gasteiger partial charge on any atom is -0.338 e. The number of rotatable bonds is 6. The molecule has 0 saturated heterocycles. The van der Waals surface area contributed by atoms with Crippen LogP contribution in [0.3, 0.4) is 0 Å². The number of anilines is 1. The Morgan fingerprint density at radius 3 is 2.91 bits per heavy atom. The van der Waals surface area contributed by atoms with Crippen LogP contribution in [0.4, 0.5) is 9.80 Å². The number of urea groups is 1. The Morgan fingerprint density at radius 1 is 1.26 bits per heavy atom. The molecule has 118 valence electrons. The maximum atomic E-state index is 11.9. The van der Waals surface area contributed by atoms with Gasteiger partial charge in [-0.3, -0.25) is 5.32 Å². The molecule has 0 aliphatic heterocycles. The van der Waals surface area contributed by atoms with Gasteiger partial charge >= 0.3 is 6.03 Å². The molecule has 0 spiro atoms. The largest absolute Gasteiger partial charge is 0.338 e. The Kier molecular flexibility index (Phi) is 5.00. The third-order valence-electron chi connectivity index (χ3n) is 3.25. The van der Waals surface area contributed by atoms with Crippen LogP contribution in [0.15, 0.2) is 55.1 Å². The molecule has 6 nitrogen and oxygen atoms in total. The number of imidazole rings is 1. The van der Waals surface area contributed by atoms with E-state index in [-0.39, 0.29) is 6.03 Å². The van der Waals surface area contributed by atoms with Gasteiger partial charge in [0.2, 0.25) is 0 Å². The van der Waals surface area contributed by atoms with E-state index in [2.05, 4.69) is 20.0 Å². The summed E-state index contributed by atoms with van der Waals surface area (Å²) >= 11 is 1.28. The zero-order chi connectivity index (χ0) is 15.9. The average molecular weight is 327 g/mol. The molecule has 0 atom stereocenters. The lowest BCUT2D eigenvalue weighted by Gasteiger charge is -2.05. The molecule has 2 aromatic heterocycles. The standard InChI is InChI=1S/C16H17N5OS/c22-16(18-7-4-9-21-10-8-17-12-21)19-15-11-14(20-23-15)13-5-2-1-3-6-13/h1-3,5-6,8,10-12H,4,7,9H2,(H2,18,19,22). The molecule has 0 fully saturated rings. The van der Waals surface area contributed by atoms with Gasteiger partial charge in [-0.05, 0) is 18.0 Å². The van der Waals surface area contributed by atoms with Crippen molar-refractivity contribution in [3.8, 4) is 11.3 Å². The van der Waals surface area contributed by atoms with E-state index in [0.29, 0.717) is 6.54 Å². The van der Waals surface area contributed by atoms with Crippen LogP contribution < -0.4 is 10.6 Å². The van der Waals surface area contributed by atoms with Gasteiger partial charge in [-0.15, -0.1) is 0 Å². The van der Waals surface area contributed by atoms with Crippen LogP contribution in [-0.2, 0) is 6.54 Å².